The van der Waals surface area contributed by atoms with Gasteiger partial charge in [-0.2, -0.15) is 0 Å². The summed E-state index contributed by atoms with van der Waals surface area (Å²) < 4.78 is 31.7. The molecule has 9 nitrogen and oxygen atoms in total. The van der Waals surface area contributed by atoms with E-state index in [1.54, 1.807) is 37.3 Å². The van der Waals surface area contributed by atoms with E-state index < -0.39 is 28.5 Å². The molecule has 0 aliphatic carbocycles. The number of carbonyl (C=O) groups excluding carboxylic acids is 3. The van der Waals surface area contributed by atoms with Gasteiger partial charge in [0.25, 0.3) is 0 Å². The SMILES string of the molecule is CCC(C(=O)NCC(C)C)N(Cc1cccc(OC)c1)C(=O)CN(c1cccc(C(C)=O)c1)S(C)(=O)=O. The van der Waals surface area contributed by atoms with E-state index in [9.17, 15) is 22.8 Å². The summed E-state index contributed by atoms with van der Waals surface area (Å²) in [7, 11) is -2.36. The van der Waals surface area contributed by atoms with E-state index in [0.717, 1.165) is 16.1 Å². The predicted octanol–water partition coefficient (Wildman–Crippen LogP) is 3.24. The number of rotatable bonds is 13. The molecule has 2 amide bonds. The number of nitrogens with zero attached hydrogens (tertiary/aromatic N) is 2. The third-order valence-electron chi connectivity index (χ3n) is 5.78. The normalized spacial score (nSPS) is 12.1. The zero-order valence-corrected chi connectivity index (χ0v) is 23.2. The highest BCUT2D eigenvalue weighted by Crippen LogP contribution is 2.22. The highest BCUT2D eigenvalue weighted by molar-refractivity contribution is 7.92. The molecular formula is C27H37N3O6S. The maximum absolute atomic E-state index is 13.7. The van der Waals surface area contributed by atoms with Crippen LogP contribution in [0.25, 0.3) is 0 Å². The van der Waals surface area contributed by atoms with Gasteiger partial charge >= 0.3 is 0 Å². The number of Topliss-reactive ketones (excluding diaryl/α,β-unsaturated/α-hetero) is 1. The fraction of sp³-hybridized carbons (Fsp3) is 0.444. The van der Waals surface area contributed by atoms with Crippen molar-refractivity contribution in [1.82, 2.24) is 10.2 Å². The van der Waals surface area contributed by atoms with Crippen molar-refractivity contribution in [2.24, 2.45) is 5.92 Å². The van der Waals surface area contributed by atoms with Gasteiger partial charge in [-0.05, 0) is 49.1 Å². The van der Waals surface area contributed by atoms with Crippen molar-refractivity contribution in [3.05, 3.63) is 59.7 Å². The Morgan fingerprint density at radius 2 is 1.73 bits per heavy atom. The second kappa shape index (κ2) is 13.2. The lowest BCUT2D eigenvalue weighted by molar-refractivity contribution is -0.140. The number of amides is 2. The van der Waals surface area contributed by atoms with Gasteiger partial charge in [-0.15, -0.1) is 0 Å². The van der Waals surface area contributed by atoms with Gasteiger partial charge < -0.3 is 15.0 Å². The second-order valence-corrected chi connectivity index (χ2v) is 11.2. The summed E-state index contributed by atoms with van der Waals surface area (Å²) in [4.78, 5) is 40.1. The van der Waals surface area contributed by atoms with Crippen molar-refractivity contribution >= 4 is 33.3 Å². The van der Waals surface area contributed by atoms with Crippen molar-refractivity contribution in [2.75, 3.05) is 30.8 Å². The first-order valence-corrected chi connectivity index (χ1v) is 14.0. The maximum atomic E-state index is 13.7. The van der Waals surface area contributed by atoms with Crippen LogP contribution in [0.3, 0.4) is 0 Å². The third kappa shape index (κ3) is 8.59. The molecule has 0 heterocycles. The minimum Gasteiger partial charge on any atom is -0.497 e. The van der Waals surface area contributed by atoms with Crippen molar-refractivity contribution in [3.63, 3.8) is 0 Å². The Bertz CT molecular complexity index is 1210. The number of ether oxygens (including phenoxy) is 1. The lowest BCUT2D eigenvalue weighted by Gasteiger charge is -2.33. The van der Waals surface area contributed by atoms with Gasteiger partial charge in [0, 0.05) is 18.7 Å². The molecule has 1 N–H and O–H groups in total. The van der Waals surface area contributed by atoms with Crippen molar-refractivity contribution in [1.29, 1.82) is 0 Å². The zero-order chi connectivity index (χ0) is 27.8. The molecule has 37 heavy (non-hydrogen) atoms. The lowest BCUT2D eigenvalue weighted by Crippen LogP contribution is -2.52. The summed E-state index contributed by atoms with van der Waals surface area (Å²) in [6, 6.07) is 12.4. The Balaban J connectivity index is 2.47. The Kier molecular flexibility index (Phi) is 10.7. The first-order valence-electron chi connectivity index (χ1n) is 12.2. The Hall–Kier alpha value is -3.40. The number of anilines is 1. The third-order valence-corrected chi connectivity index (χ3v) is 6.92. The Morgan fingerprint density at radius 3 is 2.30 bits per heavy atom. The van der Waals surface area contributed by atoms with E-state index in [1.165, 1.54) is 31.1 Å². The van der Waals surface area contributed by atoms with Crippen LogP contribution in [0.5, 0.6) is 5.75 Å². The summed E-state index contributed by atoms with van der Waals surface area (Å²) >= 11 is 0. The van der Waals surface area contributed by atoms with Gasteiger partial charge in [0.05, 0.1) is 19.1 Å². The second-order valence-electron chi connectivity index (χ2n) is 9.31. The number of sulfonamides is 1. The number of methoxy groups -OCH3 is 1. The molecule has 1 atom stereocenters. The number of nitrogens with one attached hydrogen (secondary N) is 1. The molecule has 2 rings (SSSR count). The number of ketones is 1. The largest absolute Gasteiger partial charge is 0.497 e. The van der Waals surface area contributed by atoms with Crippen LogP contribution in [0.1, 0.15) is 50.0 Å². The van der Waals surface area contributed by atoms with Crippen LogP contribution in [0.4, 0.5) is 5.69 Å². The number of carbonyl (C=O) groups is 3. The summed E-state index contributed by atoms with van der Waals surface area (Å²) in [5.74, 6) is -0.265. The molecule has 0 aliphatic rings. The molecule has 202 valence electrons. The first-order chi connectivity index (χ1) is 17.4. The Labute approximate surface area is 219 Å². The number of benzene rings is 2. The van der Waals surface area contributed by atoms with Crippen LogP contribution in [0.2, 0.25) is 0 Å². The van der Waals surface area contributed by atoms with E-state index in [1.807, 2.05) is 19.9 Å². The molecule has 0 aromatic heterocycles. The van der Waals surface area contributed by atoms with E-state index in [4.69, 9.17) is 4.74 Å². The zero-order valence-electron chi connectivity index (χ0n) is 22.4. The molecule has 0 spiro atoms. The van der Waals surface area contributed by atoms with Crippen LogP contribution in [-0.4, -0.2) is 63.4 Å². The highest BCUT2D eigenvalue weighted by atomic mass is 32.2. The van der Waals surface area contributed by atoms with Gasteiger partial charge in [-0.25, -0.2) is 8.42 Å². The molecular weight excluding hydrogens is 494 g/mol. The standard InChI is InChI=1S/C27H37N3O6S/c1-7-25(27(33)28-16-19(2)3)29(17-21-10-8-13-24(14-21)36-5)26(32)18-30(37(6,34)35)23-12-9-11-22(15-23)20(4)31/h8-15,19,25H,7,16-18H2,1-6H3,(H,28,33). The lowest BCUT2D eigenvalue weighted by atomic mass is 10.1. The van der Waals surface area contributed by atoms with E-state index in [-0.39, 0.29) is 29.8 Å². The Morgan fingerprint density at radius 1 is 1.05 bits per heavy atom. The molecule has 10 heteroatoms. The summed E-state index contributed by atoms with van der Waals surface area (Å²) in [6.07, 6.45) is 1.33. The van der Waals surface area contributed by atoms with E-state index in [2.05, 4.69) is 5.32 Å². The van der Waals surface area contributed by atoms with Gasteiger partial charge in [0.2, 0.25) is 21.8 Å². The summed E-state index contributed by atoms with van der Waals surface area (Å²) in [5.41, 5.74) is 1.25. The quantitative estimate of drug-likeness (QED) is 0.397. The smallest absolute Gasteiger partial charge is 0.244 e. The molecule has 0 saturated heterocycles. The molecule has 0 bridgehead atoms. The van der Waals surface area contributed by atoms with Crippen molar-refractivity contribution in [2.45, 2.75) is 46.7 Å². The van der Waals surface area contributed by atoms with Crippen molar-refractivity contribution < 1.29 is 27.5 Å². The summed E-state index contributed by atoms with van der Waals surface area (Å²) in [6.45, 7) is 7.12. The van der Waals surface area contributed by atoms with Crippen LogP contribution in [0.15, 0.2) is 48.5 Å². The predicted molar refractivity (Wildman–Crippen MR) is 144 cm³/mol. The number of hydrogen-bond acceptors (Lipinski definition) is 6. The molecule has 0 radical (unpaired) electrons. The highest BCUT2D eigenvalue weighted by Gasteiger charge is 2.32. The first kappa shape index (κ1) is 29.8. The molecule has 0 saturated carbocycles. The molecule has 2 aromatic carbocycles. The van der Waals surface area contributed by atoms with Crippen molar-refractivity contribution in [3.8, 4) is 5.75 Å². The fourth-order valence-corrected chi connectivity index (χ4v) is 4.64. The molecule has 0 aliphatic heterocycles. The van der Waals surface area contributed by atoms with Crippen LogP contribution in [-0.2, 0) is 26.2 Å². The van der Waals surface area contributed by atoms with Gasteiger partial charge in [0.15, 0.2) is 5.78 Å². The average Bonchev–Trinajstić information content (AvgIpc) is 2.85. The fourth-order valence-electron chi connectivity index (χ4n) is 3.80. The van der Waals surface area contributed by atoms with Crippen LogP contribution < -0.4 is 14.4 Å². The van der Waals surface area contributed by atoms with Gasteiger partial charge in [-0.1, -0.05) is 45.0 Å². The summed E-state index contributed by atoms with van der Waals surface area (Å²) in [5, 5.41) is 2.89. The van der Waals surface area contributed by atoms with Gasteiger partial charge in [-0.3, -0.25) is 18.7 Å². The molecule has 0 fully saturated rings. The van der Waals surface area contributed by atoms with Crippen LogP contribution >= 0.6 is 0 Å². The van der Waals surface area contributed by atoms with Gasteiger partial charge in [0.1, 0.15) is 18.3 Å². The van der Waals surface area contributed by atoms with E-state index in [0.29, 0.717) is 24.3 Å². The average molecular weight is 532 g/mol. The molecule has 1 unspecified atom stereocenters. The topological polar surface area (TPSA) is 113 Å². The van der Waals surface area contributed by atoms with Crippen LogP contribution in [0, 0.1) is 5.92 Å². The molecule has 2 aromatic rings. The van der Waals surface area contributed by atoms with E-state index >= 15 is 0 Å². The minimum atomic E-state index is -3.89. The monoisotopic (exact) mass is 531 g/mol. The maximum Gasteiger partial charge on any atom is 0.244 e. The minimum absolute atomic E-state index is 0.0781. The number of hydrogen-bond donors (Lipinski definition) is 1.